The first-order valence-electron chi connectivity index (χ1n) is 8.13. The minimum atomic E-state index is -0.338. The normalized spacial score (nSPS) is 19.0. The number of nitrogens with one attached hydrogen (secondary N) is 1. The molecule has 2 unspecified atom stereocenters. The van der Waals surface area contributed by atoms with Crippen molar-refractivity contribution in [2.24, 2.45) is 0 Å². The predicted molar refractivity (Wildman–Crippen MR) is 92.5 cm³/mol. The maximum absolute atomic E-state index is 10.2. The first-order valence-corrected chi connectivity index (χ1v) is 9.12. The van der Waals surface area contributed by atoms with Crippen molar-refractivity contribution in [1.82, 2.24) is 10.2 Å². The molecule has 2 N–H and O–H groups in total. The van der Waals surface area contributed by atoms with Crippen molar-refractivity contribution in [3.63, 3.8) is 0 Å². The van der Waals surface area contributed by atoms with E-state index in [0.717, 1.165) is 38.6 Å². The zero-order chi connectivity index (χ0) is 15.8. The van der Waals surface area contributed by atoms with Crippen LogP contribution in [-0.4, -0.2) is 61.3 Å². The largest absolute Gasteiger partial charge is 0.390 e. The van der Waals surface area contributed by atoms with E-state index >= 15 is 0 Å². The highest BCUT2D eigenvalue weighted by molar-refractivity contribution is 7.99. The number of hydrogen-bond acceptors (Lipinski definition) is 5. The number of thioether (sulfide) groups is 1. The van der Waals surface area contributed by atoms with Gasteiger partial charge in [-0.2, -0.15) is 0 Å². The first-order chi connectivity index (χ1) is 10.7. The minimum Gasteiger partial charge on any atom is -0.390 e. The molecule has 0 aromatic heterocycles. The van der Waals surface area contributed by atoms with Gasteiger partial charge in [-0.3, -0.25) is 4.90 Å². The Bertz CT molecular complexity index is 421. The molecule has 1 saturated heterocycles. The van der Waals surface area contributed by atoms with Gasteiger partial charge in [0.15, 0.2) is 0 Å². The van der Waals surface area contributed by atoms with Crippen LogP contribution in [0.4, 0.5) is 0 Å². The van der Waals surface area contributed by atoms with Crippen LogP contribution in [0.5, 0.6) is 0 Å². The Morgan fingerprint density at radius 3 is 2.59 bits per heavy atom. The summed E-state index contributed by atoms with van der Waals surface area (Å²) in [4.78, 5) is 3.57. The molecule has 0 radical (unpaired) electrons. The van der Waals surface area contributed by atoms with Crippen LogP contribution >= 0.6 is 11.8 Å². The Hall–Kier alpha value is -0.590. The summed E-state index contributed by atoms with van der Waals surface area (Å²) < 4.78 is 5.32. The molecule has 1 aliphatic heterocycles. The summed E-state index contributed by atoms with van der Waals surface area (Å²) in [6, 6.07) is 8.94. The standard InChI is InChI=1S/C17H28N2O2S/c1-3-22-17-6-4-15(5-7-17)14(2)18-12-16(20)13-19-8-10-21-11-9-19/h4-7,14,16,18,20H,3,8-13H2,1-2H3. The fourth-order valence-electron chi connectivity index (χ4n) is 2.60. The number of rotatable bonds is 8. The second-order valence-corrected chi connectivity index (χ2v) is 7.04. The van der Waals surface area contributed by atoms with E-state index in [4.69, 9.17) is 4.74 Å². The summed E-state index contributed by atoms with van der Waals surface area (Å²) >= 11 is 1.86. The summed E-state index contributed by atoms with van der Waals surface area (Å²) in [7, 11) is 0. The molecule has 2 atom stereocenters. The van der Waals surface area contributed by atoms with E-state index in [9.17, 15) is 5.11 Å². The third-order valence-electron chi connectivity index (χ3n) is 3.92. The van der Waals surface area contributed by atoms with E-state index in [2.05, 4.69) is 48.3 Å². The van der Waals surface area contributed by atoms with Crippen LogP contribution in [0.2, 0.25) is 0 Å². The number of aliphatic hydroxyl groups is 1. The number of β-amino-alcohol motifs (C(OH)–C–C–N with tert-alkyl or cyclic N) is 1. The summed E-state index contributed by atoms with van der Waals surface area (Å²) in [6.45, 7) is 9.03. The number of ether oxygens (including phenoxy) is 1. The molecule has 0 bridgehead atoms. The van der Waals surface area contributed by atoms with Crippen molar-refractivity contribution in [1.29, 1.82) is 0 Å². The Labute approximate surface area is 138 Å². The molecule has 124 valence electrons. The molecule has 1 fully saturated rings. The van der Waals surface area contributed by atoms with Gasteiger partial charge in [-0.25, -0.2) is 0 Å². The van der Waals surface area contributed by atoms with Gasteiger partial charge in [0.05, 0.1) is 19.3 Å². The zero-order valence-corrected chi connectivity index (χ0v) is 14.4. The average Bonchev–Trinajstić information content (AvgIpc) is 2.54. The molecule has 4 nitrogen and oxygen atoms in total. The molecule has 2 rings (SSSR count). The molecule has 0 saturated carbocycles. The van der Waals surface area contributed by atoms with Crippen molar-refractivity contribution >= 4 is 11.8 Å². The highest BCUT2D eigenvalue weighted by atomic mass is 32.2. The predicted octanol–water partition coefficient (Wildman–Crippen LogP) is 2.14. The lowest BCUT2D eigenvalue weighted by atomic mass is 10.1. The molecule has 0 aliphatic carbocycles. The van der Waals surface area contributed by atoms with Crippen LogP contribution in [0.1, 0.15) is 25.5 Å². The van der Waals surface area contributed by atoms with Crippen LogP contribution in [0.15, 0.2) is 29.2 Å². The number of hydrogen-bond donors (Lipinski definition) is 2. The Morgan fingerprint density at radius 1 is 1.27 bits per heavy atom. The maximum atomic E-state index is 10.2. The molecule has 1 aliphatic rings. The Morgan fingerprint density at radius 2 is 1.95 bits per heavy atom. The van der Waals surface area contributed by atoms with Crippen LogP contribution in [0.3, 0.4) is 0 Å². The highest BCUT2D eigenvalue weighted by Crippen LogP contribution is 2.20. The minimum absolute atomic E-state index is 0.250. The van der Waals surface area contributed by atoms with E-state index in [1.807, 2.05) is 11.8 Å². The van der Waals surface area contributed by atoms with E-state index in [-0.39, 0.29) is 12.1 Å². The third kappa shape index (κ3) is 5.89. The van der Waals surface area contributed by atoms with Gasteiger partial charge in [-0.05, 0) is 30.4 Å². The Balaban J connectivity index is 1.72. The molecule has 1 heterocycles. The third-order valence-corrected chi connectivity index (χ3v) is 4.82. The van der Waals surface area contributed by atoms with Gasteiger partial charge in [-0.15, -0.1) is 11.8 Å². The van der Waals surface area contributed by atoms with Gasteiger partial charge in [0, 0.05) is 37.1 Å². The number of benzene rings is 1. The topological polar surface area (TPSA) is 44.7 Å². The second kappa shape index (κ2) is 9.53. The van der Waals surface area contributed by atoms with Gasteiger partial charge < -0.3 is 15.2 Å². The summed E-state index contributed by atoms with van der Waals surface area (Å²) in [5, 5.41) is 13.6. The van der Waals surface area contributed by atoms with E-state index in [1.165, 1.54) is 10.5 Å². The van der Waals surface area contributed by atoms with Crippen molar-refractivity contribution < 1.29 is 9.84 Å². The molecule has 5 heteroatoms. The number of aliphatic hydroxyl groups excluding tert-OH is 1. The van der Waals surface area contributed by atoms with Crippen molar-refractivity contribution in [3.8, 4) is 0 Å². The number of morpholine rings is 1. The highest BCUT2D eigenvalue weighted by Gasteiger charge is 2.15. The van der Waals surface area contributed by atoms with Crippen LogP contribution < -0.4 is 5.32 Å². The number of nitrogens with zero attached hydrogens (tertiary/aromatic N) is 1. The molecular formula is C17H28N2O2S. The quantitative estimate of drug-likeness (QED) is 0.717. The Kier molecular flexibility index (Phi) is 7.69. The molecule has 0 spiro atoms. The van der Waals surface area contributed by atoms with Gasteiger partial charge >= 0.3 is 0 Å². The summed E-state index contributed by atoms with van der Waals surface area (Å²) in [6.07, 6.45) is -0.338. The average molecular weight is 324 g/mol. The van der Waals surface area contributed by atoms with Gasteiger partial charge in [-0.1, -0.05) is 19.1 Å². The van der Waals surface area contributed by atoms with E-state index < -0.39 is 0 Å². The van der Waals surface area contributed by atoms with Crippen molar-refractivity contribution in [2.45, 2.75) is 30.9 Å². The van der Waals surface area contributed by atoms with E-state index in [1.54, 1.807) is 0 Å². The molecule has 1 aromatic rings. The lowest BCUT2D eigenvalue weighted by Gasteiger charge is -2.29. The first kappa shape index (κ1) is 17.8. The molecule has 0 amide bonds. The summed E-state index contributed by atoms with van der Waals surface area (Å²) in [5.41, 5.74) is 1.26. The maximum Gasteiger partial charge on any atom is 0.0791 e. The second-order valence-electron chi connectivity index (χ2n) is 5.70. The monoisotopic (exact) mass is 324 g/mol. The lowest BCUT2D eigenvalue weighted by molar-refractivity contribution is 0.0145. The van der Waals surface area contributed by atoms with Crippen LogP contribution in [0.25, 0.3) is 0 Å². The summed E-state index contributed by atoms with van der Waals surface area (Å²) in [5.74, 6) is 1.10. The van der Waals surface area contributed by atoms with Gasteiger partial charge in [0.1, 0.15) is 0 Å². The van der Waals surface area contributed by atoms with Crippen molar-refractivity contribution in [3.05, 3.63) is 29.8 Å². The lowest BCUT2D eigenvalue weighted by Crippen LogP contribution is -2.44. The fourth-order valence-corrected chi connectivity index (χ4v) is 3.26. The fraction of sp³-hybridized carbons (Fsp3) is 0.647. The van der Waals surface area contributed by atoms with Gasteiger partial charge in [0.25, 0.3) is 0 Å². The van der Waals surface area contributed by atoms with Crippen molar-refractivity contribution in [2.75, 3.05) is 45.1 Å². The van der Waals surface area contributed by atoms with E-state index in [0.29, 0.717) is 6.54 Å². The van der Waals surface area contributed by atoms with Crippen LogP contribution in [0, 0.1) is 0 Å². The SMILES string of the molecule is CCSc1ccc(C(C)NCC(O)CN2CCOCC2)cc1. The molecular weight excluding hydrogens is 296 g/mol. The molecule has 22 heavy (non-hydrogen) atoms. The van der Waals surface area contributed by atoms with Gasteiger partial charge in [0.2, 0.25) is 0 Å². The smallest absolute Gasteiger partial charge is 0.0791 e. The molecule has 1 aromatic carbocycles. The zero-order valence-electron chi connectivity index (χ0n) is 13.6. The van der Waals surface area contributed by atoms with Crippen LogP contribution in [-0.2, 0) is 4.74 Å².